The van der Waals surface area contributed by atoms with Crippen LogP contribution in [0.25, 0.3) is 44.1 Å². The molecular formula is C35H31N13O. The maximum atomic E-state index is 13.4. The van der Waals surface area contributed by atoms with Crippen molar-refractivity contribution < 1.29 is 4.79 Å². The second-order valence-electron chi connectivity index (χ2n) is 11.9. The molecule has 0 radical (unpaired) electrons. The number of amides is 2. The molecule has 14 heteroatoms. The Labute approximate surface area is 279 Å². The van der Waals surface area contributed by atoms with Crippen LogP contribution in [-0.2, 0) is 13.1 Å². The molecule has 0 aliphatic carbocycles. The largest absolute Gasteiger partial charge is 0.332 e. The Morgan fingerprint density at radius 3 is 1.63 bits per heavy atom. The van der Waals surface area contributed by atoms with Crippen LogP contribution >= 0.6 is 0 Å². The highest BCUT2D eigenvalue weighted by molar-refractivity contribution is 5.80. The predicted molar refractivity (Wildman–Crippen MR) is 184 cm³/mol. The van der Waals surface area contributed by atoms with Gasteiger partial charge in [-0.2, -0.15) is 0 Å². The molecule has 2 aromatic carbocycles. The molecule has 8 aromatic rings. The highest BCUT2D eigenvalue weighted by Crippen LogP contribution is 2.31. The summed E-state index contributed by atoms with van der Waals surface area (Å²) in [6.45, 7) is 4.75. The van der Waals surface area contributed by atoms with Gasteiger partial charge in [-0.15, -0.1) is 10.2 Å². The molecule has 0 saturated heterocycles. The normalized spacial score (nSPS) is 12.9. The molecule has 0 spiro atoms. The zero-order valence-corrected chi connectivity index (χ0v) is 26.7. The van der Waals surface area contributed by atoms with Gasteiger partial charge in [-0.1, -0.05) is 34.7 Å². The third-order valence-electron chi connectivity index (χ3n) is 8.81. The molecule has 0 bridgehead atoms. The van der Waals surface area contributed by atoms with Gasteiger partial charge in [0.25, 0.3) is 0 Å². The van der Waals surface area contributed by atoms with E-state index in [9.17, 15) is 4.79 Å². The molecule has 0 fully saturated rings. The minimum atomic E-state index is -0.496. The van der Waals surface area contributed by atoms with Crippen LogP contribution in [0.5, 0.6) is 0 Å². The number of benzene rings is 2. The number of hydrogen-bond donors (Lipinski definition) is 2. The average molecular weight is 650 g/mol. The minimum Gasteiger partial charge on any atom is -0.307 e. The van der Waals surface area contributed by atoms with Gasteiger partial charge < -0.3 is 4.90 Å². The summed E-state index contributed by atoms with van der Waals surface area (Å²) in [6.07, 6.45) is 3.56. The van der Waals surface area contributed by atoms with Gasteiger partial charge in [-0.3, -0.25) is 15.4 Å². The van der Waals surface area contributed by atoms with Crippen LogP contribution in [0.4, 0.5) is 4.79 Å². The van der Waals surface area contributed by atoms with Crippen molar-refractivity contribution in [2.75, 3.05) is 0 Å². The molecular weight excluding hydrogens is 618 g/mol. The van der Waals surface area contributed by atoms with E-state index in [1.54, 1.807) is 26.7 Å². The molecule has 0 saturated carbocycles. The van der Waals surface area contributed by atoms with Crippen LogP contribution in [0.2, 0.25) is 0 Å². The number of hydrazine groups is 1. The van der Waals surface area contributed by atoms with Crippen molar-refractivity contribution in [3.63, 3.8) is 0 Å². The topological polar surface area (TPSA) is 171 Å². The molecule has 2 atom stereocenters. The van der Waals surface area contributed by atoms with Crippen LogP contribution in [-0.4, -0.2) is 60.9 Å². The molecule has 14 nitrogen and oxygen atoms in total. The Kier molecular flexibility index (Phi) is 7.53. The summed E-state index contributed by atoms with van der Waals surface area (Å²) in [4.78, 5) is 33.7. The van der Waals surface area contributed by atoms with Crippen molar-refractivity contribution in [2.24, 2.45) is 5.84 Å². The first-order valence-electron chi connectivity index (χ1n) is 15.8. The van der Waals surface area contributed by atoms with Crippen LogP contribution in [0.3, 0.4) is 0 Å². The smallest absolute Gasteiger partial charge is 0.307 e. The molecule has 6 aromatic heterocycles. The minimum absolute atomic E-state index is 0.470. The highest BCUT2D eigenvalue weighted by Gasteiger charge is 2.30. The summed E-state index contributed by atoms with van der Waals surface area (Å²) in [5, 5.41) is 19.5. The van der Waals surface area contributed by atoms with Gasteiger partial charge in [0.1, 0.15) is 11.0 Å². The van der Waals surface area contributed by atoms with Crippen molar-refractivity contribution in [3.8, 4) is 0 Å². The Hall–Kier alpha value is -6.41. The number of nitrogens with one attached hydrogen (secondary N) is 1. The number of carbonyl (C=O) groups excluding carboxylic acids is 1. The van der Waals surface area contributed by atoms with E-state index in [0.717, 1.165) is 32.9 Å². The Morgan fingerprint density at radius 2 is 1.16 bits per heavy atom. The SMILES string of the molecule is CC(c1ccc2nnn(Cc3ccc4ncccc4c3)c2n1)N(C(=O)NN)C(C)c1ccc2nnn(Cc3ccc4ncccc4c3)c2n1. The second-order valence-corrected chi connectivity index (χ2v) is 11.9. The van der Waals surface area contributed by atoms with E-state index in [-0.39, 0.29) is 0 Å². The summed E-state index contributed by atoms with van der Waals surface area (Å²) < 4.78 is 3.52. The van der Waals surface area contributed by atoms with E-state index < -0.39 is 18.1 Å². The fourth-order valence-corrected chi connectivity index (χ4v) is 6.25. The van der Waals surface area contributed by atoms with Crippen molar-refractivity contribution >= 4 is 50.2 Å². The van der Waals surface area contributed by atoms with Crippen LogP contribution < -0.4 is 11.3 Å². The number of nitrogens with zero attached hydrogens (tertiary/aromatic N) is 11. The number of hydrogen-bond acceptors (Lipinski definition) is 10. The van der Waals surface area contributed by atoms with E-state index in [2.05, 4.69) is 48.2 Å². The van der Waals surface area contributed by atoms with Gasteiger partial charge in [0, 0.05) is 23.2 Å². The van der Waals surface area contributed by atoms with Gasteiger partial charge in [-0.05, 0) is 85.6 Å². The van der Waals surface area contributed by atoms with E-state index in [1.807, 2.05) is 86.6 Å². The number of aromatic nitrogens is 10. The lowest BCUT2D eigenvalue weighted by Gasteiger charge is -2.33. The zero-order chi connectivity index (χ0) is 33.5. The van der Waals surface area contributed by atoms with Gasteiger partial charge in [0.05, 0.1) is 47.6 Å². The Morgan fingerprint density at radius 1 is 0.694 bits per heavy atom. The van der Waals surface area contributed by atoms with Gasteiger partial charge in [0.2, 0.25) is 0 Å². The average Bonchev–Trinajstić information content (AvgIpc) is 3.74. The number of pyridine rings is 4. The summed E-state index contributed by atoms with van der Waals surface area (Å²) in [5.74, 6) is 5.71. The lowest BCUT2D eigenvalue weighted by atomic mass is 10.1. The molecule has 6 heterocycles. The van der Waals surface area contributed by atoms with Gasteiger partial charge in [-0.25, -0.2) is 30.0 Å². The van der Waals surface area contributed by atoms with E-state index >= 15 is 0 Å². The number of urea groups is 1. The monoisotopic (exact) mass is 649 g/mol. The first-order valence-corrected chi connectivity index (χ1v) is 15.8. The highest BCUT2D eigenvalue weighted by atomic mass is 16.2. The maximum absolute atomic E-state index is 13.4. The molecule has 2 amide bonds. The summed E-state index contributed by atoms with van der Waals surface area (Å²) >= 11 is 0. The molecule has 242 valence electrons. The van der Waals surface area contributed by atoms with Crippen molar-refractivity contribution in [1.82, 2.24) is 60.2 Å². The Balaban J connectivity index is 1.09. The Bertz CT molecular complexity index is 2320. The third-order valence-corrected chi connectivity index (χ3v) is 8.81. The maximum Gasteiger partial charge on any atom is 0.332 e. The molecule has 8 rings (SSSR count). The molecule has 2 unspecified atom stereocenters. The lowest BCUT2D eigenvalue weighted by molar-refractivity contribution is 0.152. The first-order chi connectivity index (χ1) is 23.9. The summed E-state index contributed by atoms with van der Waals surface area (Å²) in [6, 6.07) is 26.1. The van der Waals surface area contributed by atoms with Crippen LogP contribution in [0, 0.1) is 0 Å². The summed E-state index contributed by atoms with van der Waals surface area (Å²) in [5.41, 5.74) is 10.0. The second kappa shape index (κ2) is 12.3. The van der Waals surface area contributed by atoms with Crippen LogP contribution in [0.15, 0.2) is 97.3 Å². The van der Waals surface area contributed by atoms with E-state index in [0.29, 0.717) is 46.8 Å². The van der Waals surface area contributed by atoms with E-state index in [4.69, 9.17) is 15.8 Å². The molecule has 0 aliphatic rings. The molecule has 3 N–H and O–H groups in total. The van der Waals surface area contributed by atoms with Crippen molar-refractivity contribution in [2.45, 2.75) is 39.0 Å². The molecule has 0 aliphatic heterocycles. The third kappa shape index (κ3) is 5.63. The molecule has 49 heavy (non-hydrogen) atoms. The van der Waals surface area contributed by atoms with Crippen LogP contribution in [0.1, 0.15) is 48.4 Å². The van der Waals surface area contributed by atoms with Crippen molar-refractivity contribution in [3.05, 3.63) is 120 Å². The standard InChI is InChI=1S/C35H31N13O/c1-21(27-11-13-31-33(39-27)46(44-42-31)19-23-7-9-29-25(17-23)5-3-15-37-29)48(35(49)41-36)22(2)28-12-14-32-34(40-28)47(45-43-32)20-24-8-10-30-26(18-24)6-4-16-38-30/h3-18,21-22H,19-20,36H2,1-2H3,(H,41,49). The fourth-order valence-electron chi connectivity index (χ4n) is 6.25. The number of fused-ring (bicyclic) bond motifs is 4. The first kappa shape index (κ1) is 30.0. The number of rotatable bonds is 8. The predicted octanol–water partition coefficient (Wildman–Crippen LogP) is 4.87. The van der Waals surface area contributed by atoms with Crippen molar-refractivity contribution in [1.29, 1.82) is 0 Å². The van der Waals surface area contributed by atoms with Gasteiger partial charge in [0.15, 0.2) is 11.3 Å². The van der Waals surface area contributed by atoms with Gasteiger partial charge >= 0.3 is 6.03 Å². The summed E-state index contributed by atoms with van der Waals surface area (Å²) in [7, 11) is 0. The zero-order valence-electron chi connectivity index (χ0n) is 26.7. The fraction of sp³-hybridized carbons (Fsp3) is 0.171. The number of carbonyl (C=O) groups is 1. The quantitative estimate of drug-likeness (QED) is 0.131. The van der Waals surface area contributed by atoms with E-state index in [1.165, 1.54) is 0 Å². The number of nitrogens with two attached hydrogens (primary N) is 1. The lowest BCUT2D eigenvalue weighted by Crippen LogP contribution is -2.46.